The van der Waals surface area contributed by atoms with Crippen molar-refractivity contribution in [1.82, 2.24) is 0 Å². The Balaban J connectivity index is 0. The molecule has 0 aromatic heterocycles. The predicted molar refractivity (Wildman–Crippen MR) is 65.3 cm³/mol. The number of hydrogen-bond donors (Lipinski definition) is 1. The molecule has 0 bridgehead atoms. The Bertz CT molecular complexity index is 252. The van der Waals surface area contributed by atoms with Gasteiger partial charge in [-0.25, -0.2) is 0 Å². The van der Waals surface area contributed by atoms with Crippen LogP contribution in [0.25, 0.3) is 0 Å². The summed E-state index contributed by atoms with van der Waals surface area (Å²) in [7, 11) is 0. The molecule has 16 heavy (non-hydrogen) atoms. The van der Waals surface area contributed by atoms with Crippen molar-refractivity contribution in [1.29, 1.82) is 0 Å². The van der Waals surface area contributed by atoms with Crippen molar-refractivity contribution in [2.75, 3.05) is 6.54 Å². The van der Waals surface area contributed by atoms with Crippen molar-refractivity contribution in [2.24, 2.45) is 5.73 Å². The van der Waals surface area contributed by atoms with E-state index in [-0.39, 0.29) is 43.5 Å². The minimum absolute atomic E-state index is 0. The molecule has 4 nitrogen and oxygen atoms in total. The number of allylic oxidation sites excluding steroid dienone is 1. The second kappa shape index (κ2) is 10.6. The summed E-state index contributed by atoms with van der Waals surface area (Å²) in [5.41, 5.74) is 6.13. The molecule has 0 aliphatic heterocycles. The molecular weight excluding hydrogens is 230 g/mol. The van der Waals surface area contributed by atoms with Crippen LogP contribution in [0.5, 0.6) is 0 Å². The summed E-state index contributed by atoms with van der Waals surface area (Å²) in [6.45, 7) is 3.94. The first-order valence-corrected chi connectivity index (χ1v) is 5.17. The number of nitrogens with two attached hydrogens (primary N) is 1. The van der Waals surface area contributed by atoms with Crippen LogP contribution in [0.4, 0.5) is 0 Å². The minimum Gasteiger partial charge on any atom is -0.435 e. The zero-order valence-electron chi connectivity index (χ0n) is 9.82. The molecule has 0 aliphatic rings. The van der Waals surface area contributed by atoms with Crippen LogP contribution in [0.3, 0.4) is 0 Å². The fraction of sp³-hybridized carbons (Fsp3) is 0.636. The van der Waals surface area contributed by atoms with E-state index in [0.717, 1.165) is 18.4 Å². The largest absolute Gasteiger partial charge is 0.435 e. The third-order valence-corrected chi connectivity index (χ3v) is 1.87. The second-order valence-electron chi connectivity index (χ2n) is 3.45. The first-order valence-electron chi connectivity index (χ1n) is 5.17. The summed E-state index contributed by atoms with van der Waals surface area (Å²) < 4.78 is 4.86. The van der Waals surface area contributed by atoms with Gasteiger partial charge in [-0.15, -0.1) is 12.4 Å². The minimum atomic E-state index is -0.382. The van der Waals surface area contributed by atoms with Crippen molar-refractivity contribution in [2.45, 2.75) is 39.5 Å². The number of halogens is 1. The Morgan fingerprint density at radius 2 is 1.88 bits per heavy atom. The molecule has 0 fully saturated rings. The lowest BCUT2D eigenvalue weighted by atomic mass is 10.2. The molecule has 0 atom stereocenters. The molecule has 0 rings (SSSR count). The van der Waals surface area contributed by atoms with Crippen LogP contribution in [0.15, 0.2) is 11.8 Å². The highest BCUT2D eigenvalue weighted by molar-refractivity contribution is 5.85. The lowest BCUT2D eigenvalue weighted by molar-refractivity contribution is -0.139. The highest BCUT2D eigenvalue weighted by Crippen LogP contribution is 2.04. The quantitative estimate of drug-likeness (QED) is 0.553. The first kappa shape index (κ1) is 17.5. The van der Waals surface area contributed by atoms with Crippen LogP contribution in [-0.4, -0.2) is 18.3 Å². The Hall–Kier alpha value is -0.870. The summed E-state index contributed by atoms with van der Waals surface area (Å²) in [5.74, 6) is -0.506. The molecule has 0 saturated heterocycles. The fourth-order valence-corrected chi connectivity index (χ4v) is 1.02. The summed E-state index contributed by atoms with van der Waals surface area (Å²) in [6, 6.07) is 0. The Morgan fingerprint density at radius 3 is 2.38 bits per heavy atom. The van der Waals surface area contributed by atoms with E-state index in [1.165, 1.54) is 6.26 Å². The van der Waals surface area contributed by atoms with Crippen molar-refractivity contribution < 1.29 is 14.3 Å². The van der Waals surface area contributed by atoms with E-state index in [2.05, 4.69) is 6.92 Å². The van der Waals surface area contributed by atoms with Crippen molar-refractivity contribution in [3.63, 3.8) is 0 Å². The maximum atomic E-state index is 11.1. The molecule has 2 N–H and O–H groups in total. The van der Waals surface area contributed by atoms with E-state index in [1.807, 2.05) is 6.92 Å². The van der Waals surface area contributed by atoms with E-state index < -0.39 is 0 Å². The zero-order valence-corrected chi connectivity index (χ0v) is 10.6. The average Bonchev–Trinajstić information content (AvgIpc) is 2.23. The van der Waals surface area contributed by atoms with Crippen molar-refractivity contribution in [3.05, 3.63) is 11.8 Å². The van der Waals surface area contributed by atoms with Crippen molar-refractivity contribution in [3.8, 4) is 0 Å². The van der Waals surface area contributed by atoms with Gasteiger partial charge in [0, 0.05) is 6.42 Å². The molecule has 0 spiro atoms. The van der Waals surface area contributed by atoms with Crippen LogP contribution in [0.2, 0.25) is 0 Å². The summed E-state index contributed by atoms with van der Waals surface area (Å²) in [6.07, 6.45) is 3.65. The highest BCUT2D eigenvalue weighted by Gasteiger charge is 2.05. The van der Waals surface area contributed by atoms with Gasteiger partial charge in [-0.2, -0.15) is 0 Å². The monoisotopic (exact) mass is 249 g/mol. The molecule has 94 valence electrons. The summed E-state index contributed by atoms with van der Waals surface area (Å²) in [5, 5.41) is 0. The maximum Gasteiger partial charge on any atom is 0.311 e. The van der Waals surface area contributed by atoms with Crippen LogP contribution in [-0.2, 0) is 14.3 Å². The molecule has 0 aromatic rings. The smallest absolute Gasteiger partial charge is 0.311 e. The highest BCUT2D eigenvalue weighted by atomic mass is 35.5. The van der Waals surface area contributed by atoms with Crippen LogP contribution >= 0.6 is 12.4 Å². The molecular formula is C11H20ClNO3. The van der Waals surface area contributed by atoms with E-state index in [4.69, 9.17) is 10.5 Å². The topological polar surface area (TPSA) is 69.4 Å². The summed E-state index contributed by atoms with van der Waals surface area (Å²) >= 11 is 0. The molecule has 0 aliphatic carbocycles. The van der Waals surface area contributed by atoms with E-state index >= 15 is 0 Å². The van der Waals surface area contributed by atoms with Crippen LogP contribution in [0, 0.1) is 0 Å². The lowest BCUT2D eigenvalue weighted by Gasteiger charge is -2.00. The number of rotatable bonds is 7. The van der Waals surface area contributed by atoms with Gasteiger partial charge in [0.2, 0.25) is 0 Å². The predicted octanol–water partition coefficient (Wildman–Crippen LogP) is 1.96. The van der Waals surface area contributed by atoms with Crippen LogP contribution in [0.1, 0.15) is 39.5 Å². The molecule has 0 radical (unpaired) electrons. The second-order valence-corrected chi connectivity index (χ2v) is 3.45. The van der Waals surface area contributed by atoms with Gasteiger partial charge >= 0.3 is 5.97 Å². The number of carbonyl (C=O) groups excluding carboxylic acids is 2. The zero-order chi connectivity index (χ0) is 11.7. The lowest BCUT2D eigenvalue weighted by Crippen LogP contribution is -2.14. The maximum absolute atomic E-state index is 11.1. The Morgan fingerprint density at radius 1 is 1.25 bits per heavy atom. The molecule has 0 unspecified atom stereocenters. The van der Waals surface area contributed by atoms with Gasteiger partial charge in [-0.05, 0) is 18.9 Å². The molecule has 0 saturated carbocycles. The van der Waals surface area contributed by atoms with Gasteiger partial charge in [0.15, 0.2) is 0 Å². The SMILES string of the molecule is CCCC(C)=COC(=O)CCC(=O)CN.Cl. The molecule has 0 aromatic carbocycles. The number of Topliss-reactive ketones (excluding diaryl/α,β-unsaturated/α-hetero) is 1. The Labute approximate surface area is 103 Å². The number of esters is 1. The molecule has 0 amide bonds. The van der Waals surface area contributed by atoms with E-state index in [1.54, 1.807) is 0 Å². The van der Waals surface area contributed by atoms with Gasteiger partial charge < -0.3 is 10.5 Å². The number of ketones is 1. The van der Waals surface area contributed by atoms with Gasteiger partial charge in [0.25, 0.3) is 0 Å². The van der Waals surface area contributed by atoms with Gasteiger partial charge in [0.1, 0.15) is 5.78 Å². The average molecular weight is 250 g/mol. The normalized spacial score (nSPS) is 10.6. The summed E-state index contributed by atoms with van der Waals surface area (Å²) in [4.78, 5) is 21.9. The first-order chi connectivity index (χ1) is 7.10. The van der Waals surface area contributed by atoms with E-state index in [9.17, 15) is 9.59 Å². The van der Waals surface area contributed by atoms with Gasteiger partial charge in [-0.3, -0.25) is 9.59 Å². The van der Waals surface area contributed by atoms with Gasteiger partial charge in [-0.1, -0.05) is 13.3 Å². The molecule has 5 heteroatoms. The van der Waals surface area contributed by atoms with Gasteiger partial charge in [0.05, 0.1) is 19.2 Å². The van der Waals surface area contributed by atoms with Crippen LogP contribution < -0.4 is 5.73 Å². The molecule has 0 heterocycles. The third kappa shape index (κ3) is 9.68. The number of ether oxygens (including phenoxy) is 1. The number of carbonyl (C=O) groups is 2. The fourth-order valence-electron chi connectivity index (χ4n) is 1.02. The number of hydrogen-bond acceptors (Lipinski definition) is 4. The van der Waals surface area contributed by atoms with Crippen molar-refractivity contribution >= 4 is 24.2 Å². The van der Waals surface area contributed by atoms with E-state index in [0.29, 0.717) is 0 Å². The Kier molecular flexibility index (Phi) is 11.7. The standard InChI is InChI=1S/C11H19NO3.ClH/c1-3-4-9(2)8-15-11(14)6-5-10(13)7-12;/h8H,3-7,12H2,1-2H3;1H. The third-order valence-electron chi connectivity index (χ3n) is 1.87.